The highest BCUT2D eigenvalue weighted by Gasteiger charge is 2.33. The average Bonchev–Trinajstić information content (AvgIpc) is 3.34. The molecule has 4 aromatic rings. The van der Waals surface area contributed by atoms with Crippen LogP contribution in [-0.2, 0) is 19.4 Å². The van der Waals surface area contributed by atoms with E-state index in [0.717, 1.165) is 30.9 Å². The smallest absolute Gasteiger partial charge is 0.254 e. The molecule has 4 heterocycles. The van der Waals surface area contributed by atoms with Gasteiger partial charge in [-0.1, -0.05) is 31.2 Å². The summed E-state index contributed by atoms with van der Waals surface area (Å²) in [5, 5.41) is 12.7. The molecule has 1 aliphatic rings. The third-order valence-electron chi connectivity index (χ3n) is 5.02. The number of hydrogen-bond donors (Lipinski definition) is 0. The number of aryl methyl sites for hydroxylation is 2. The predicted octanol–water partition coefficient (Wildman–Crippen LogP) is 2.68. The van der Waals surface area contributed by atoms with Gasteiger partial charge in [0.05, 0.1) is 0 Å². The molecule has 0 saturated heterocycles. The fourth-order valence-electron chi connectivity index (χ4n) is 3.66. The SMILES string of the molecule is CCc1cc(N2Cc3ccccc3C[C@@H]2c2nnc(C)o2)n2ncnc2n1. The highest BCUT2D eigenvalue weighted by Crippen LogP contribution is 2.36. The number of hydrogen-bond acceptors (Lipinski definition) is 7. The van der Waals surface area contributed by atoms with Gasteiger partial charge in [-0.25, -0.2) is 4.98 Å². The standard InChI is InChI=1S/C19H19N7O/c1-3-15-9-17(26-19(22-15)20-11-21-26)25-10-14-7-5-4-6-13(14)8-16(25)18-24-23-12(2)27-18/h4-7,9,11,16H,3,8,10H2,1-2H3/t16-/m1/s1. The molecule has 5 rings (SSSR count). The first kappa shape index (κ1) is 15.9. The molecule has 0 saturated carbocycles. The molecule has 1 aliphatic heterocycles. The van der Waals surface area contributed by atoms with Gasteiger partial charge in [0.2, 0.25) is 11.8 Å². The van der Waals surface area contributed by atoms with Crippen LogP contribution >= 0.6 is 0 Å². The van der Waals surface area contributed by atoms with Gasteiger partial charge in [0.1, 0.15) is 18.2 Å². The van der Waals surface area contributed by atoms with Crippen LogP contribution in [0.25, 0.3) is 5.78 Å². The zero-order chi connectivity index (χ0) is 18.4. The Morgan fingerprint density at radius 1 is 1.19 bits per heavy atom. The van der Waals surface area contributed by atoms with Crippen LogP contribution in [0.4, 0.5) is 5.82 Å². The van der Waals surface area contributed by atoms with E-state index in [0.29, 0.717) is 17.6 Å². The van der Waals surface area contributed by atoms with Crippen molar-refractivity contribution in [2.45, 2.75) is 39.3 Å². The number of anilines is 1. The largest absolute Gasteiger partial charge is 0.423 e. The minimum Gasteiger partial charge on any atom is -0.423 e. The monoisotopic (exact) mass is 361 g/mol. The van der Waals surface area contributed by atoms with Crippen LogP contribution < -0.4 is 4.90 Å². The van der Waals surface area contributed by atoms with Crippen LogP contribution in [0.3, 0.4) is 0 Å². The third kappa shape index (κ3) is 2.64. The maximum absolute atomic E-state index is 5.82. The zero-order valence-electron chi connectivity index (χ0n) is 15.2. The lowest BCUT2D eigenvalue weighted by Crippen LogP contribution is -2.36. The Morgan fingerprint density at radius 2 is 2.04 bits per heavy atom. The summed E-state index contributed by atoms with van der Waals surface area (Å²) in [7, 11) is 0. The number of aromatic nitrogens is 6. The molecule has 0 radical (unpaired) electrons. The van der Waals surface area contributed by atoms with Crippen molar-refractivity contribution >= 4 is 11.6 Å². The zero-order valence-corrected chi connectivity index (χ0v) is 15.2. The van der Waals surface area contributed by atoms with Crippen molar-refractivity contribution in [1.29, 1.82) is 0 Å². The molecule has 8 nitrogen and oxygen atoms in total. The van der Waals surface area contributed by atoms with E-state index < -0.39 is 0 Å². The number of fused-ring (bicyclic) bond motifs is 2. The van der Waals surface area contributed by atoms with E-state index in [9.17, 15) is 0 Å². The van der Waals surface area contributed by atoms with E-state index in [-0.39, 0.29) is 6.04 Å². The lowest BCUT2D eigenvalue weighted by molar-refractivity contribution is 0.402. The van der Waals surface area contributed by atoms with Crippen molar-refractivity contribution in [3.8, 4) is 0 Å². The lowest BCUT2D eigenvalue weighted by atomic mass is 9.94. The second kappa shape index (κ2) is 6.15. The van der Waals surface area contributed by atoms with Crippen molar-refractivity contribution < 1.29 is 4.42 Å². The van der Waals surface area contributed by atoms with E-state index in [1.54, 1.807) is 4.52 Å². The first-order valence-electron chi connectivity index (χ1n) is 9.06. The van der Waals surface area contributed by atoms with Crippen molar-refractivity contribution in [3.05, 3.63) is 65.3 Å². The summed E-state index contributed by atoms with van der Waals surface area (Å²) in [5.74, 6) is 2.72. The molecule has 136 valence electrons. The molecule has 8 heteroatoms. The molecule has 0 bridgehead atoms. The molecule has 0 spiro atoms. The summed E-state index contributed by atoms with van der Waals surface area (Å²) >= 11 is 0. The number of benzene rings is 1. The summed E-state index contributed by atoms with van der Waals surface area (Å²) in [6.45, 7) is 4.63. The molecule has 1 aromatic carbocycles. The average molecular weight is 361 g/mol. The van der Waals surface area contributed by atoms with Crippen LogP contribution in [0.1, 0.15) is 41.6 Å². The Morgan fingerprint density at radius 3 is 2.81 bits per heavy atom. The quantitative estimate of drug-likeness (QED) is 0.554. The highest BCUT2D eigenvalue weighted by atomic mass is 16.4. The van der Waals surface area contributed by atoms with E-state index in [1.807, 2.05) is 6.92 Å². The minimum absolute atomic E-state index is 0.0689. The Hall–Kier alpha value is -3.29. The van der Waals surface area contributed by atoms with Gasteiger partial charge in [-0.05, 0) is 17.5 Å². The van der Waals surface area contributed by atoms with Gasteiger partial charge >= 0.3 is 0 Å². The summed E-state index contributed by atoms with van der Waals surface area (Å²) in [4.78, 5) is 11.1. The van der Waals surface area contributed by atoms with E-state index in [2.05, 4.69) is 67.4 Å². The molecule has 0 aliphatic carbocycles. The Kier molecular flexibility index (Phi) is 3.63. The lowest BCUT2D eigenvalue weighted by Gasteiger charge is -2.36. The van der Waals surface area contributed by atoms with Gasteiger partial charge in [-0.2, -0.15) is 14.6 Å². The maximum atomic E-state index is 5.82. The van der Waals surface area contributed by atoms with Crippen molar-refractivity contribution in [2.75, 3.05) is 4.90 Å². The van der Waals surface area contributed by atoms with Gasteiger partial charge in [-0.15, -0.1) is 10.2 Å². The summed E-state index contributed by atoms with van der Waals surface area (Å²) in [6, 6.07) is 10.5. The third-order valence-corrected chi connectivity index (χ3v) is 5.02. The molecule has 3 aromatic heterocycles. The Bertz CT molecular complexity index is 1120. The normalized spacial score (nSPS) is 16.7. The fourth-order valence-corrected chi connectivity index (χ4v) is 3.66. The van der Waals surface area contributed by atoms with E-state index >= 15 is 0 Å². The Labute approximate surface area is 155 Å². The summed E-state index contributed by atoms with van der Waals surface area (Å²) < 4.78 is 7.60. The van der Waals surface area contributed by atoms with Crippen LogP contribution in [0.5, 0.6) is 0 Å². The van der Waals surface area contributed by atoms with Gasteiger partial charge < -0.3 is 9.32 Å². The summed E-state index contributed by atoms with van der Waals surface area (Å²) in [5.41, 5.74) is 3.56. The van der Waals surface area contributed by atoms with E-state index in [4.69, 9.17) is 4.42 Å². The first-order valence-corrected chi connectivity index (χ1v) is 9.06. The van der Waals surface area contributed by atoms with Gasteiger partial charge in [0.15, 0.2) is 0 Å². The maximum Gasteiger partial charge on any atom is 0.254 e. The van der Waals surface area contributed by atoms with Crippen LogP contribution in [0, 0.1) is 6.92 Å². The molecule has 0 fully saturated rings. The van der Waals surface area contributed by atoms with E-state index in [1.165, 1.54) is 17.5 Å². The Balaban J connectivity index is 1.69. The topological polar surface area (TPSA) is 85.2 Å². The van der Waals surface area contributed by atoms with Crippen LogP contribution in [0.15, 0.2) is 41.1 Å². The fraction of sp³-hybridized carbons (Fsp3) is 0.316. The van der Waals surface area contributed by atoms with Gasteiger partial charge in [0, 0.05) is 31.6 Å². The molecule has 0 unspecified atom stereocenters. The van der Waals surface area contributed by atoms with Crippen molar-refractivity contribution in [3.63, 3.8) is 0 Å². The molecular weight excluding hydrogens is 342 g/mol. The minimum atomic E-state index is -0.0689. The number of rotatable bonds is 3. The van der Waals surface area contributed by atoms with Gasteiger partial charge in [0.25, 0.3) is 5.78 Å². The number of nitrogens with zero attached hydrogens (tertiary/aromatic N) is 7. The predicted molar refractivity (Wildman–Crippen MR) is 98.3 cm³/mol. The van der Waals surface area contributed by atoms with Crippen molar-refractivity contribution in [2.24, 2.45) is 0 Å². The molecule has 0 amide bonds. The second-order valence-corrected chi connectivity index (χ2v) is 6.71. The second-order valence-electron chi connectivity index (χ2n) is 6.71. The first-order chi connectivity index (χ1) is 13.2. The molecule has 0 N–H and O–H groups in total. The van der Waals surface area contributed by atoms with Crippen LogP contribution in [-0.4, -0.2) is 29.8 Å². The van der Waals surface area contributed by atoms with Gasteiger partial charge in [-0.3, -0.25) is 0 Å². The van der Waals surface area contributed by atoms with Crippen molar-refractivity contribution in [1.82, 2.24) is 29.8 Å². The molecular formula is C19H19N7O. The molecule has 1 atom stereocenters. The molecule has 27 heavy (non-hydrogen) atoms. The summed E-state index contributed by atoms with van der Waals surface area (Å²) in [6.07, 6.45) is 3.15. The highest BCUT2D eigenvalue weighted by molar-refractivity contribution is 5.51. The van der Waals surface area contributed by atoms with Crippen LogP contribution in [0.2, 0.25) is 0 Å².